The molecule has 0 unspecified atom stereocenters. The van der Waals surface area contributed by atoms with Crippen LogP contribution in [0.5, 0.6) is 5.75 Å². The summed E-state index contributed by atoms with van der Waals surface area (Å²) in [5.74, 6) is -2.31. The third-order valence-corrected chi connectivity index (χ3v) is 15.8. The molecule has 2 heterocycles. The standard InChI is InChI=1S/C45H46ClFN2O6Si/c1-43(2,3)56(33-13-9-7-10-14-33,34-15-11-8-12-16-34)53-27-41-45(6,55-44(4,5)54-41)28-49-25-37(35-20-19-32(47)24-38(35)49)39(50)26-52-40-23-29-17-18-31(46)21-30(29)22-36(40)42(48)51/h7-25,41H,26-28H2,1-6H3,(H2,48,51)/t41-,45-/m0/s1. The van der Waals surface area contributed by atoms with Crippen molar-refractivity contribution in [3.05, 3.63) is 137 Å². The Morgan fingerprint density at radius 2 is 1.54 bits per heavy atom. The van der Waals surface area contributed by atoms with E-state index in [2.05, 4.69) is 45.0 Å². The van der Waals surface area contributed by atoms with E-state index in [4.69, 9.17) is 36.0 Å². The molecule has 290 valence electrons. The molecule has 1 aliphatic heterocycles. The normalized spacial score (nSPS) is 18.4. The molecule has 1 fully saturated rings. The Labute approximate surface area is 332 Å². The summed E-state index contributed by atoms with van der Waals surface area (Å²) in [4.78, 5) is 26.3. The van der Waals surface area contributed by atoms with Crippen molar-refractivity contribution < 1.29 is 32.6 Å². The zero-order valence-corrected chi connectivity index (χ0v) is 34.2. The first kappa shape index (κ1) is 39.4. The van der Waals surface area contributed by atoms with Gasteiger partial charge in [-0.1, -0.05) is 99.1 Å². The Hall–Kier alpha value is -4.84. The molecule has 0 bridgehead atoms. The van der Waals surface area contributed by atoms with Crippen LogP contribution in [-0.4, -0.2) is 55.3 Å². The molecule has 1 aliphatic rings. The molecule has 11 heteroatoms. The van der Waals surface area contributed by atoms with Crippen molar-refractivity contribution in [2.45, 2.75) is 70.6 Å². The predicted octanol–water partition coefficient (Wildman–Crippen LogP) is 8.43. The monoisotopic (exact) mass is 792 g/mol. The minimum absolute atomic E-state index is 0.123. The average Bonchev–Trinajstić information content (AvgIpc) is 3.61. The van der Waals surface area contributed by atoms with Crippen molar-refractivity contribution in [1.29, 1.82) is 0 Å². The van der Waals surface area contributed by atoms with E-state index in [1.165, 1.54) is 12.1 Å². The van der Waals surface area contributed by atoms with Crippen molar-refractivity contribution in [1.82, 2.24) is 4.57 Å². The molecule has 1 saturated heterocycles. The fourth-order valence-electron chi connectivity index (χ4n) is 8.16. The van der Waals surface area contributed by atoms with Crippen LogP contribution in [0.2, 0.25) is 10.1 Å². The van der Waals surface area contributed by atoms with Crippen LogP contribution in [0.4, 0.5) is 4.39 Å². The molecule has 0 spiro atoms. The number of carbonyl (C=O) groups is 2. The summed E-state index contributed by atoms with van der Waals surface area (Å²) in [6.45, 7) is 12.4. The summed E-state index contributed by atoms with van der Waals surface area (Å²) in [6, 6.07) is 33.6. The van der Waals surface area contributed by atoms with Gasteiger partial charge in [-0.3, -0.25) is 9.59 Å². The fraction of sp³-hybridized carbons (Fsp3) is 0.289. The number of primary amides is 1. The highest BCUT2D eigenvalue weighted by Gasteiger charge is 2.55. The summed E-state index contributed by atoms with van der Waals surface area (Å²) in [7, 11) is -2.93. The second-order valence-electron chi connectivity index (χ2n) is 16.1. The van der Waals surface area contributed by atoms with Crippen molar-refractivity contribution >= 4 is 63.7 Å². The lowest BCUT2D eigenvalue weighted by Gasteiger charge is -2.44. The minimum Gasteiger partial charge on any atom is -0.485 e. The Balaban J connectivity index is 1.20. The average molecular weight is 793 g/mol. The molecular weight excluding hydrogens is 747 g/mol. The molecule has 1 aromatic heterocycles. The second-order valence-corrected chi connectivity index (χ2v) is 20.9. The van der Waals surface area contributed by atoms with E-state index in [9.17, 15) is 14.0 Å². The van der Waals surface area contributed by atoms with Crippen LogP contribution in [0.1, 0.15) is 62.3 Å². The lowest BCUT2D eigenvalue weighted by atomic mass is 9.99. The number of carbonyl (C=O) groups excluding carboxylic acids is 2. The Kier molecular flexibility index (Phi) is 10.5. The number of Topliss-reactive ketones (excluding diaryl/α,β-unsaturated/α-hetero) is 1. The van der Waals surface area contributed by atoms with Gasteiger partial charge in [0.25, 0.3) is 14.2 Å². The van der Waals surface area contributed by atoms with Crippen LogP contribution in [0.25, 0.3) is 21.7 Å². The van der Waals surface area contributed by atoms with Gasteiger partial charge in [0.1, 0.15) is 23.3 Å². The van der Waals surface area contributed by atoms with Crippen LogP contribution in [0, 0.1) is 5.82 Å². The number of fused-ring (bicyclic) bond motifs is 2. The summed E-state index contributed by atoms with van der Waals surface area (Å²) in [6.07, 6.45) is 1.16. The van der Waals surface area contributed by atoms with Crippen molar-refractivity contribution in [3.63, 3.8) is 0 Å². The van der Waals surface area contributed by atoms with E-state index < -0.39 is 44.1 Å². The lowest BCUT2D eigenvalue weighted by molar-refractivity contribution is -0.163. The highest BCUT2D eigenvalue weighted by atomic mass is 35.5. The number of ketones is 1. The van der Waals surface area contributed by atoms with E-state index in [1.54, 1.807) is 42.6 Å². The van der Waals surface area contributed by atoms with Crippen LogP contribution >= 0.6 is 11.6 Å². The van der Waals surface area contributed by atoms with Gasteiger partial charge in [-0.25, -0.2) is 4.39 Å². The highest BCUT2D eigenvalue weighted by molar-refractivity contribution is 6.99. The first-order valence-electron chi connectivity index (χ1n) is 18.6. The molecular formula is C45H46ClFN2O6Si. The van der Waals surface area contributed by atoms with E-state index in [1.807, 2.05) is 61.7 Å². The molecule has 56 heavy (non-hydrogen) atoms. The number of hydrogen-bond donors (Lipinski definition) is 1. The number of halogens is 2. The second kappa shape index (κ2) is 14.9. The van der Waals surface area contributed by atoms with Gasteiger partial charge in [0.2, 0.25) is 5.78 Å². The molecule has 7 rings (SSSR count). The van der Waals surface area contributed by atoms with Gasteiger partial charge in [0, 0.05) is 22.2 Å². The third kappa shape index (κ3) is 7.52. The topological polar surface area (TPSA) is 102 Å². The zero-order chi connectivity index (χ0) is 40.0. The smallest absolute Gasteiger partial charge is 0.261 e. The number of aromatic nitrogens is 1. The van der Waals surface area contributed by atoms with Crippen LogP contribution < -0.4 is 20.8 Å². The van der Waals surface area contributed by atoms with Gasteiger partial charge in [0.05, 0.1) is 24.2 Å². The minimum atomic E-state index is -2.93. The number of hydrogen-bond acceptors (Lipinski definition) is 6. The number of benzene rings is 5. The molecule has 6 aromatic rings. The summed E-state index contributed by atoms with van der Waals surface area (Å²) >= 11 is 6.16. The largest absolute Gasteiger partial charge is 0.485 e. The van der Waals surface area contributed by atoms with Crippen molar-refractivity contribution in [3.8, 4) is 5.75 Å². The number of nitrogens with zero attached hydrogens (tertiary/aromatic N) is 1. The SMILES string of the molecule is CC1(C)O[C@@H](CO[Si](c2ccccc2)(c2ccccc2)C(C)(C)C)[C@](C)(Cn2cc(C(=O)COc3cc4ccc(Cl)cc4cc3C(N)=O)c3ccc(F)cc32)O1. The van der Waals surface area contributed by atoms with Gasteiger partial charge in [-0.05, 0) is 89.4 Å². The fourth-order valence-corrected chi connectivity index (χ4v) is 12.9. The first-order valence-corrected chi connectivity index (χ1v) is 20.9. The predicted molar refractivity (Wildman–Crippen MR) is 221 cm³/mol. The summed E-state index contributed by atoms with van der Waals surface area (Å²) < 4.78 is 43.3. The van der Waals surface area contributed by atoms with Gasteiger partial charge in [0.15, 0.2) is 12.4 Å². The maximum absolute atomic E-state index is 14.9. The molecule has 0 aliphatic carbocycles. The number of rotatable bonds is 12. The van der Waals surface area contributed by atoms with Crippen LogP contribution in [0.15, 0.2) is 115 Å². The number of nitrogens with two attached hydrogens (primary N) is 1. The van der Waals surface area contributed by atoms with Crippen LogP contribution in [-0.2, 0) is 20.4 Å². The van der Waals surface area contributed by atoms with Gasteiger partial charge >= 0.3 is 0 Å². The maximum Gasteiger partial charge on any atom is 0.261 e. The van der Waals surface area contributed by atoms with Gasteiger partial charge in [-0.2, -0.15) is 0 Å². The molecule has 2 N–H and O–H groups in total. The van der Waals surface area contributed by atoms with E-state index in [-0.39, 0.29) is 35.3 Å². The number of ether oxygens (including phenoxy) is 3. The van der Waals surface area contributed by atoms with Crippen molar-refractivity contribution in [2.75, 3.05) is 13.2 Å². The van der Waals surface area contributed by atoms with Gasteiger partial charge in [-0.15, -0.1) is 0 Å². The molecule has 1 amide bonds. The zero-order valence-electron chi connectivity index (χ0n) is 32.4. The first-order chi connectivity index (χ1) is 26.5. The molecule has 0 radical (unpaired) electrons. The van der Waals surface area contributed by atoms with E-state index in [0.717, 1.165) is 15.8 Å². The quantitative estimate of drug-likeness (QED) is 0.0987. The molecule has 5 aromatic carbocycles. The highest BCUT2D eigenvalue weighted by Crippen LogP contribution is 2.42. The molecule has 2 atom stereocenters. The van der Waals surface area contributed by atoms with Crippen LogP contribution in [0.3, 0.4) is 0 Å². The van der Waals surface area contributed by atoms with E-state index in [0.29, 0.717) is 26.9 Å². The van der Waals surface area contributed by atoms with Crippen molar-refractivity contribution in [2.24, 2.45) is 5.73 Å². The maximum atomic E-state index is 14.9. The molecule has 8 nitrogen and oxygen atoms in total. The summed E-state index contributed by atoms with van der Waals surface area (Å²) in [5, 5.41) is 4.56. The molecule has 0 saturated carbocycles. The third-order valence-electron chi connectivity index (χ3n) is 10.6. The lowest BCUT2D eigenvalue weighted by Crippen LogP contribution is -2.67. The Bertz CT molecular complexity index is 2390. The number of amides is 1. The Morgan fingerprint density at radius 3 is 2.16 bits per heavy atom. The Morgan fingerprint density at radius 1 is 0.875 bits per heavy atom. The van der Waals surface area contributed by atoms with E-state index >= 15 is 0 Å². The van der Waals surface area contributed by atoms with Gasteiger partial charge < -0.3 is 28.9 Å². The summed E-state index contributed by atoms with van der Waals surface area (Å²) in [5.41, 5.74) is 5.69.